The quantitative estimate of drug-likeness (QED) is 0.873. The number of Topliss-reactive ketones (excluding diaryl/α,β-unsaturated/α-hetero) is 1. The van der Waals surface area contributed by atoms with Gasteiger partial charge in [-0.15, -0.1) is 11.3 Å². The van der Waals surface area contributed by atoms with Gasteiger partial charge in [0.15, 0.2) is 5.01 Å². The molecule has 0 radical (unpaired) electrons. The monoisotopic (exact) mass is 285 g/mol. The number of aromatic hydroxyl groups is 1. The number of phenolic OH excluding ortho intramolecular Hbond substituents is 1. The van der Waals surface area contributed by atoms with Crippen LogP contribution in [0.25, 0.3) is 5.57 Å². The summed E-state index contributed by atoms with van der Waals surface area (Å²) in [5.74, 6) is 0.545. The molecule has 0 bridgehead atoms. The van der Waals surface area contributed by atoms with Crippen LogP contribution in [0.5, 0.6) is 5.75 Å². The molecule has 0 aliphatic heterocycles. The van der Waals surface area contributed by atoms with Gasteiger partial charge in [0.2, 0.25) is 5.78 Å². The van der Waals surface area contributed by atoms with Gasteiger partial charge in [0, 0.05) is 11.0 Å². The maximum atomic E-state index is 12.5. The number of ketones is 1. The number of nitrogens with zero attached hydrogens (tertiary/aromatic N) is 1. The number of carbonyl (C=O) groups excluding carboxylic acids is 1. The summed E-state index contributed by atoms with van der Waals surface area (Å²) in [6.45, 7) is 4.13. The Balaban J connectivity index is 1.93. The molecule has 0 unspecified atom stereocenters. The molecule has 20 heavy (non-hydrogen) atoms. The van der Waals surface area contributed by atoms with E-state index in [4.69, 9.17) is 0 Å². The first-order valence-electron chi connectivity index (χ1n) is 6.59. The first-order chi connectivity index (χ1) is 9.56. The third kappa shape index (κ3) is 2.16. The molecule has 3 rings (SSSR count). The van der Waals surface area contributed by atoms with Crippen molar-refractivity contribution in [3.63, 3.8) is 0 Å². The number of fused-ring (bicyclic) bond motifs is 1. The van der Waals surface area contributed by atoms with E-state index in [1.54, 1.807) is 18.2 Å². The van der Waals surface area contributed by atoms with Crippen LogP contribution in [0.3, 0.4) is 0 Å². The van der Waals surface area contributed by atoms with Gasteiger partial charge in [0.25, 0.3) is 0 Å². The highest BCUT2D eigenvalue weighted by Crippen LogP contribution is 2.33. The summed E-state index contributed by atoms with van der Waals surface area (Å²) in [4.78, 5) is 17.0. The van der Waals surface area contributed by atoms with Gasteiger partial charge < -0.3 is 5.11 Å². The second-order valence-corrected chi connectivity index (χ2v) is 6.08. The Morgan fingerprint density at radius 2 is 2.20 bits per heavy atom. The number of benzene rings is 1. The van der Waals surface area contributed by atoms with Crippen molar-refractivity contribution in [1.29, 1.82) is 0 Å². The maximum absolute atomic E-state index is 12.5. The van der Waals surface area contributed by atoms with Crippen LogP contribution in [0.2, 0.25) is 0 Å². The van der Waals surface area contributed by atoms with Crippen LogP contribution in [0.15, 0.2) is 29.7 Å². The second kappa shape index (κ2) is 4.87. The lowest BCUT2D eigenvalue weighted by Gasteiger charge is -2.04. The predicted octanol–water partition coefficient (Wildman–Crippen LogP) is 3.79. The fourth-order valence-electron chi connectivity index (χ4n) is 2.32. The fourth-order valence-corrected chi connectivity index (χ4v) is 3.25. The van der Waals surface area contributed by atoms with E-state index in [9.17, 15) is 9.90 Å². The molecule has 0 saturated heterocycles. The zero-order valence-corrected chi connectivity index (χ0v) is 12.2. The van der Waals surface area contributed by atoms with Gasteiger partial charge in [0.05, 0.1) is 5.69 Å². The first-order valence-corrected chi connectivity index (χ1v) is 7.46. The number of thiazole rings is 1. The van der Waals surface area contributed by atoms with E-state index in [0.717, 1.165) is 16.8 Å². The van der Waals surface area contributed by atoms with Crippen LogP contribution in [-0.4, -0.2) is 15.9 Å². The van der Waals surface area contributed by atoms with Crippen LogP contribution in [0.1, 0.15) is 46.4 Å². The molecule has 1 aromatic carbocycles. The van der Waals surface area contributed by atoms with Crippen LogP contribution in [-0.2, 0) is 6.42 Å². The molecule has 4 heteroatoms. The number of rotatable bonds is 3. The van der Waals surface area contributed by atoms with Crippen molar-refractivity contribution in [3.05, 3.63) is 51.5 Å². The van der Waals surface area contributed by atoms with E-state index in [2.05, 4.69) is 18.8 Å². The number of phenols is 1. The minimum absolute atomic E-state index is 0.0219. The Morgan fingerprint density at radius 1 is 1.40 bits per heavy atom. The number of aromatic nitrogens is 1. The molecular formula is C16H15NO2S. The third-order valence-corrected chi connectivity index (χ3v) is 4.32. The van der Waals surface area contributed by atoms with Crippen LogP contribution in [0.4, 0.5) is 0 Å². The lowest BCUT2D eigenvalue weighted by atomic mass is 10.0. The molecule has 1 heterocycles. The zero-order valence-electron chi connectivity index (χ0n) is 11.4. The van der Waals surface area contributed by atoms with Crippen LogP contribution < -0.4 is 0 Å². The van der Waals surface area contributed by atoms with Gasteiger partial charge in [-0.2, -0.15) is 0 Å². The SMILES string of the molecule is CC(C)c1csc(C(=O)C2=CCc3cc(O)ccc32)n1. The van der Waals surface area contributed by atoms with Crippen molar-refractivity contribution in [2.24, 2.45) is 0 Å². The Bertz CT molecular complexity index is 713. The molecule has 0 spiro atoms. The van der Waals surface area contributed by atoms with Crippen LogP contribution >= 0.6 is 11.3 Å². The predicted molar refractivity (Wildman–Crippen MR) is 80.3 cm³/mol. The minimum Gasteiger partial charge on any atom is -0.508 e. The Morgan fingerprint density at radius 3 is 2.90 bits per heavy atom. The summed E-state index contributed by atoms with van der Waals surface area (Å²) >= 11 is 1.40. The summed E-state index contributed by atoms with van der Waals surface area (Å²) in [5.41, 5.74) is 3.57. The molecule has 2 aromatic rings. The van der Waals surface area contributed by atoms with Gasteiger partial charge in [-0.1, -0.05) is 26.0 Å². The highest BCUT2D eigenvalue weighted by atomic mass is 32.1. The number of hydrogen-bond acceptors (Lipinski definition) is 4. The topological polar surface area (TPSA) is 50.2 Å². The summed E-state index contributed by atoms with van der Waals surface area (Å²) in [6.07, 6.45) is 2.61. The number of hydrogen-bond donors (Lipinski definition) is 1. The average molecular weight is 285 g/mol. The summed E-state index contributed by atoms with van der Waals surface area (Å²) in [5, 5.41) is 12.0. The number of carbonyl (C=O) groups is 1. The standard InChI is InChI=1S/C16H15NO2S/c1-9(2)14-8-20-16(17-14)15(19)13-5-3-10-7-11(18)4-6-12(10)13/h4-9,18H,3H2,1-2H3. The van der Waals surface area contributed by atoms with Crippen molar-refractivity contribution in [1.82, 2.24) is 4.98 Å². The Hall–Kier alpha value is -1.94. The molecule has 1 N–H and O–H groups in total. The summed E-state index contributed by atoms with van der Waals surface area (Å²) < 4.78 is 0. The highest BCUT2D eigenvalue weighted by Gasteiger charge is 2.24. The van der Waals surface area contributed by atoms with Gasteiger partial charge in [-0.05, 0) is 35.6 Å². The molecule has 1 aromatic heterocycles. The average Bonchev–Trinajstić information content (AvgIpc) is 3.04. The van der Waals surface area contributed by atoms with Gasteiger partial charge in [-0.3, -0.25) is 4.79 Å². The van der Waals surface area contributed by atoms with Crippen molar-refractivity contribution >= 4 is 22.7 Å². The largest absolute Gasteiger partial charge is 0.508 e. The minimum atomic E-state index is -0.0219. The van der Waals surface area contributed by atoms with Crippen LogP contribution in [0, 0.1) is 0 Å². The first kappa shape index (κ1) is 13.1. The van der Waals surface area contributed by atoms with Gasteiger partial charge in [0.1, 0.15) is 5.75 Å². The van der Waals surface area contributed by atoms with Crippen molar-refractivity contribution in [2.75, 3.05) is 0 Å². The highest BCUT2D eigenvalue weighted by molar-refractivity contribution is 7.12. The van der Waals surface area contributed by atoms with Crippen molar-refractivity contribution in [3.8, 4) is 5.75 Å². The lowest BCUT2D eigenvalue weighted by molar-refractivity contribution is 0.105. The second-order valence-electron chi connectivity index (χ2n) is 5.22. The van der Waals surface area contributed by atoms with E-state index in [1.165, 1.54) is 11.3 Å². The molecule has 0 saturated carbocycles. The van der Waals surface area contributed by atoms with E-state index < -0.39 is 0 Å². The fraction of sp³-hybridized carbons (Fsp3) is 0.250. The smallest absolute Gasteiger partial charge is 0.221 e. The van der Waals surface area contributed by atoms with E-state index in [0.29, 0.717) is 22.9 Å². The molecular weight excluding hydrogens is 270 g/mol. The molecule has 0 atom stereocenters. The molecule has 0 amide bonds. The molecule has 1 aliphatic carbocycles. The van der Waals surface area contributed by atoms with Gasteiger partial charge >= 0.3 is 0 Å². The number of allylic oxidation sites excluding steroid dienone is 2. The van der Waals surface area contributed by atoms with Gasteiger partial charge in [-0.25, -0.2) is 4.98 Å². The summed E-state index contributed by atoms with van der Waals surface area (Å²) in [6, 6.07) is 5.14. The normalized spacial score (nSPS) is 13.4. The van der Waals surface area contributed by atoms with E-state index in [1.807, 2.05) is 11.5 Å². The molecule has 1 aliphatic rings. The molecule has 3 nitrogen and oxygen atoms in total. The molecule has 0 fully saturated rings. The maximum Gasteiger partial charge on any atom is 0.221 e. The Kier molecular flexibility index (Phi) is 3.18. The van der Waals surface area contributed by atoms with E-state index >= 15 is 0 Å². The van der Waals surface area contributed by atoms with E-state index in [-0.39, 0.29) is 11.5 Å². The third-order valence-electron chi connectivity index (χ3n) is 3.46. The Labute approximate surface area is 121 Å². The molecule has 102 valence electrons. The lowest BCUT2D eigenvalue weighted by Crippen LogP contribution is -2.02. The summed E-state index contributed by atoms with van der Waals surface area (Å²) in [7, 11) is 0. The van der Waals surface area contributed by atoms with Crippen molar-refractivity contribution in [2.45, 2.75) is 26.2 Å². The van der Waals surface area contributed by atoms with Crippen molar-refractivity contribution < 1.29 is 9.90 Å². The zero-order chi connectivity index (χ0) is 14.3.